The number of amides is 2. The van der Waals surface area contributed by atoms with Crippen LogP contribution in [0.15, 0.2) is 94.5 Å². The lowest BCUT2D eigenvalue weighted by Crippen LogP contribution is -2.38. The molecule has 4 aromatic carbocycles. The summed E-state index contributed by atoms with van der Waals surface area (Å²) in [5.41, 5.74) is 10.3. The Kier molecular flexibility index (Phi) is 25.3. The van der Waals surface area contributed by atoms with Crippen LogP contribution in [0.5, 0.6) is 23.3 Å². The molecular formula is C62H64F12N16O12. The standard InChI is InChI=1S/2C29H31F3N8O4.2C2HF3O2/c2*1-14-7-10-19(34-14)26(41)37-20-11-16(29(30,31)32)8-9-17(20)21-12-23(39-28(38-21)35-15(2)13-43-3)44-22-6-4-5-18-24(22)40-25(33)27(42)36-18;2*3-2(4,5)1(6)7/h2*4-6,8-9,11-12,14-15,19,34H,7,10,13H2,1-3H3,(H2,33,40)(H,36,42)(H,37,41)(H,35,38,39);2*(H,6,7)/t14-,15+,19+;14-,15-,19-;;/m10../s1. The van der Waals surface area contributed by atoms with Crippen LogP contribution in [0.1, 0.15) is 64.5 Å². The fourth-order valence-corrected chi connectivity index (χ4v) is 9.77. The predicted octanol–water partition coefficient (Wildman–Crippen LogP) is 9.87. The molecule has 14 N–H and O–H groups in total. The lowest BCUT2D eigenvalue weighted by Gasteiger charge is -2.19. The van der Waals surface area contributed by atoms with Gasteiger partial charge in [0.05, 0.1) is 70.2 Å². The molecule has 102 heavy (non-hydrogen) atoms. The molecule has 6 heterocycles. The summed E-state index contributed by atoms with van der Waals surface area (Å²) in [4.78, 5) is 99.4. The van der Waals surface area contributed by atoms with Gasteiger partial charge in [-0.25, -0.2) is 29.5 Å². The zero-order valence-corrected chi connectivity index (χ0v) is 54.1. The van der Waals surface area contributed by atoms with Crippen LogP contribution in [0.3, 0.4) is 0 Å². The van der Waals surface area contributed by atoms with E-state index in [4.69, 9.17) is 50.2 Å². The van der Waals surface area contributed by atoms with E-state index in [-0.39, 0.29) is 116 Å². The summed E-state index contributed by atoms with van der Waals surface area (Å²) < 4.78 is 168. The molecule has 0 radical (unpaired) electrons. The highest BCUT2D eigenvalue weighted by atomic mass is 19.4. The van der Waals surface area contributed by atoms with Crippen molar-refractivity contribution in [1.29, 1.82) is 0 Å². The number of hydrogen-bond acceptors (Lipinski definition) is 22. The number of aromatic nitrogens is 8. The monoisotopic (exact) mass is 1450 g/mol. The average Bonchev–Trinajstić information content (AvgIpc) is 0.848. The van der Waals surface area contributed by atoms with Gasteiger partial charge in [-0.05, 0) is 102 Å². The molecule has 28 nitrogen and oxygen atoms in total. The molecule has 2 aliphatic heterocycles. The molecule has 0 aliphatic carbocycles. The van der Waals surface area contributed by atoms with Crippen LogP contribution in [0, 0.1) is 0 Å². The molecule has 8 aromatic rings. The minimum Gasteiger partial charge on any atom is -0.475 e. The molecule has 4 aromatic heterocycles. The minimum atomic E-state index is -5.08. The number of fused-ring (bicyclic) bond motifs is 2. The minimum absolute atomic E-state index is 0.00430. The first-order valence-electron chi connectivity index (χ1n) is 30.1. The third kappa shape index (κ3) is 21.5. The van der Waals surface area contributed by atoms with Crippen molar-refractivity contribution in [2.45, 2.75) is 114 Å². The lowest BCUT2D eigenvalue weighted by molar-refractivity contribution is -0.193. The summed E-state index contributed by atoms with van der Waals surface area (Å²) in [6.07, 6.45) is -16.8. The summed E-state index contributed by atoms with van der Waals surface area (Å²) >= 11 is 0. The van der Waals surface area contributed by atoms with E-state index in [2.05, 4.69) is 71.8 Å². The number of anilines is 6. The molecule has 2 aliphatic rings. The van der Waals surface area contributed by atoms with Crippen molar-refractivity contribution in [2.24, 2.45) is 0 Å². The fourth-order valence-electron chi connectivity index (χ4n) is 9.77. The second-order valence-corrected chi connectivity index (χ2v) is 22.7. The number of aromatic amines is 2. The molecule has 548 valence electrons. The van der Waals surface area contributed by atoms with Gasteiger partial charge in [-0.15, -0.1) is 0 Å². The maximum absolute atomic E-state index is 13.7. The van der Waals surface area contributed by atoms with Gasteiger partial charge in [0.1, 0.15) is 11.0 Å². The van der Waals surface area contributed by atoms with Crippen LogP contribution in [0.2, 0.25) is 0 Å². The van der Waals surface area contributed by atoms with Gasteiger partial charge in [0, 0.05) is 61.6 Å². The number of rotatable bonds is 18. The summed E-state index contributed by atoms with van der Waals surface area (Å²) in [6.45, 7) is 8.13. The summed E-state index contributed by atoms with van der Waals surface area (Å²) in [5, 5.41) is 32.0. The Balaban J connectivity index is 0.000000241. The molecule has 0 spiro atoms. The van der Waals surface area contributed by atoms with E-state index < -0.39 is 82.8 Å². The highest BCUT2D eigenvalue weighted by Gasteiger charge is 2.40. The Labute approximate surface area is 567 Å². The number of aliphatic carboxylic acids is 2. The van der Waals surface area contributed by atoms with E-state index in [9.17, 15) is 71.9 Å². The van der Waals surface area contributed by atoms with E-state index in [1.807, 2.05) is 27.7 Å². The van der Waals surface area contributed by atoms with Crippen LogP contribution in [-0.4, -0.2) is 150 Å². The Morgan fingerprint density at radius 2 is 0.892 bits per heavy atom. The second-order valence-electron chi connectivity index (χ2n) is 22.7. The van der Waals surface area contributed by atoms with Crippen LogP contribution in [-0.2, 0) is 41.0 Å². The lowest BCUT2D eigenvalue weighted by atomic mass is 10.0. The molecular weight excluding hydrogens is 1390 g/mol. The SMILES string of the molecule is COC[C@H](C)Nc1nc(Oc2cccc3[nH]c(=O)c(N)nc23)cc(-c2ccc(C(F)(F)F)cc2NC(=O)[C@@H]2CC[C@@H](C)N2)n1.COC[C@H](C)Nc1nc(Oc2cccc3[nH]c(=O)c(N)nc23)cc(-c2ccc(C(F)(F)F)cc2NC(=O)[C@@H]2CC[C@H](C)N2)n1.O=C(O)C(F)(F)F.O=C(O)C(F)(F)F. The third-order valence-corrected chi connectivity index (χ3v) is 14.5. The highest BCUT2D eigenvalue weighted by molar-refractivity contribution is 6.00. The smallest absolute Gasteiger partial charge is 0.475 e. The van der Waals surface area contributed by atoms with Crippen molar-refractivity contribution >= 4 is 80.7 Å². The number of carboxylic acid groups (broad SMARTS) is 2. The summed E-state index contributed by atoms with van der Waals surface area (Å²) in [7, 11) is 3.06. The van der Waals surface area contributed by atoms with Gasteiger partial charge in [0.25, 0.3) is 11.1 Å². The van der Waals surface area contributed by atoms with Gasteiger partial charge >= 0.3 is 36.6 Å². The van der Waals surface area contributed by atoms with E-state index in [0.29, 0.717) is 37.1 Å². The van der Waals surface area contributed by atoms with Crippen molar-refractivity contribution in [3.8, 4) is 45.8 Å². The third-order valence-electron chi connectivity index (χ3n) is 14.5. The number of carbonyl (C=O) groups is 4. The van der Waals surface area contributed by atoms with Crippen molar-refractivity contribution in [1.82, 2.24) is 50.5 Å². The first-order chi connectivity index (χ1) is 47.7. The number of methoxy groups -OCH3 is 2. The Hall–Kier alpha value is -11.0. The van der Waals surface area contributed by atoms with E-state index >= 15 is 0 Å². The van der Waals surface area contributed by atoms with Crippen molar-refractivity contribution < 1.29 is 101 Å². The zero-order chi connectivity index (χ0) is 75.3. The number of H-pyrrole nitrogens is 2. The predicted molar refractivity (Wildman–Crippen MR) is 344 cm³/mol. The van der Waals surface area contributed by atoms with Crippen molar-refractivity contribution in [2.75, 3.05) is 60.2 Å². The molecule has 6 atom stereocenters. The molecule has 0 saturated carbocycles. The first-order valence-corrected chi connectivity index (χ1v) is 30.1. The van der Waals surface area contributed by atoms with E-state index in [1.165, 1.54) is 38.5 Å². The number of hydrogen-bond donors (Lipinski definition) is 12. The molecule has 40 heteroatoms. The Bertz CT molecular complexity index is 4190. The largest absolute Gasteiger partial charge is 0.490 e. The van der Waals surface area contributed by atoms with Crippen molar-refractivity contribution in [3.05, 3.63) is 117 Å². The van der Waals surface area contributed by atoms with Crippen LogP contribution >= 0.6 is 0 Å². The van der Waals surface area contributed by atoms with Crippen LogP contribution in [0.4, 0.5) is 87.6 Å². The number of para-hydroxylation sites is 2. The number of nitrogens with two attached hydrogens (primary N) is 2. The van der Waals surface area contributed by atoms with Gasteiger partial charge in [-0.2, -0.15) is 62.7 Å². The maximum Gasteiger partial charge on any atom is 0.490 e. The molecule has 2 saturated heterocycles. The molecule has 2 amide bonds. The molecule has 2 fully saturated rings. The molecule has 0 bridgehead atoms. The fraction of sp³-hybridized carbons (Fsp3) is 0.355. The molecule has 10 rings (SSSR count). The van der Waals surface area contributed by atoms with Crippen LogP contribution < -0.4 is 64.0 Å². The van der Waals surface area contributed by atoms with Gasteiger partial charge in [-0.3, -0.25) is 19.2 Å². The van der Waals surface area contributed by atoms with Gasteiger partial charge in [0.2, 0.25) is 35.5 Å². The topological polar surface area (TPSA) is 413 Å². The average molecular weight is 1450 g/mol. The van der Waals surface area contributed by atoms with Crippen LogP contribution in [0.25, 0.3) is 44.6 Å². The van der Waals surface area contributed by atoms with Gasteiger partial charge < -0.3 is 82.5 Å². The number of benzene rings is 4. The molecule has 0 unspecified atom stereocenters. The number of carboxylic acids is 2. The van der Waals surface area contributed by atoms with Gasteiger partial charge in [-0.1, -0.05) is 24.3 Å². The number of halogens is 12. The zero-order valence-electron chi connectivity index (χ0n) is 54.1. The quantitative estimate of drug-likeness (QED) is 0.0355. The number of nitrogen functional groups attached to an aromatic ring is 2. The first kappa shape index (κ1) is 78.3. The summed E-state index contributed by atoms with van der Waals surface area (Å²) in [6, 6.07) is 17.2. The van der Waals surface area contributed by atoms with E-state index in [0.717, 1.165) is 37.1 Å². The van der Waals surface area contributed by atoms with Crippen molar-refractivity contribution in [3.63, 3.8) is 0 Å². The maximum atomic E-state index is 13.7. The summed E-state index contributed by atoms with van der Waals surface area (Å²) in [5.74, 6) is -6.36. The Morgan fingerprint density at radius 1 is 0.539 bits per heavy atom. The number of nitrogens with one attached hydrogen (secondary N) is 8. The van der Waals surface area contributed by atoms with Gasteiger partial charge in [0.15, 0.2) is 23.1 Å². The highest BCUT2D eigenvalue weighted by Crippen LogP contribution is 2.40. The number of nitrogens with zero attached hydrogens (tertiary/aromatic N) is 6. The Morgan fingerprint density at radius 3 is 1.20 bits per heavy atom. The number of alkyl halides is 12. The number of carbonyl (C=O) groups excluding carboxylic acids is 2. The number of ether oxygens (including phenoxy) is 4. The van der Waals surface area contributed by atoms with E-state index in [1.54, 1.807) is 36.4 Å². The normalized spacial score (nSPS) is 16.6. The second kappa shape index (κ2) is 33.0.